The van der Waals surface area contributed by atoms with Crippen LogP contribution < -0.4 is 9.47 Å². The van der Waals surface area contributed by atoms with Crippen LogP contribution in [0.4, 0.5) is 0 Å². The standard InChI is InChI=1S/C22H14Cl4O4/c1-2-28-21(27)12-3-4-19-20(5-12)30-22(29-19,13-6-15(23)10-16(24)7-13)14-8-17(25)11-18(26)9-14/h3-11H,2H2,1H3. The highest BCUT2D eigenvalue weighted by atomic mass is 35.5. The predicted octanol–water partition coefficient (Wildman–Crippen LogP) is 7.15. The number of halogens is 4. The molecule has 0 fully saturated rings. The number of rotatable bonds is 4. The number of hydrogen-bond acceptors (Lipinski definition) is 4. The van der Waals surface area contributed by atoms with E-state index in [9.17, 15) is 4.79 Å². The Kier molecular flexibility index (Phi) is 5.78. The Hall–Kier alpha value is -2.11. The number of benzene rings is 3. The Bertz CT molecular complexity index is 1050. The first-order valence-electron chi connectivity index (χ1n) is 8.93. The second kappa shape index (κ2) is 8.20. The van der Waals surface area contributed by atoms with E-state index in [0.29, 0.717) is 48.3 Å². The summed E-state index contributed by atoms with van der Waals surface area (Å²) in [4.78, 5) is 12.1. The fourth-order valence-electron chi connectivity index (χ4n) is 3.23. The van der Waals surface area contributed by atoms with Crippen LogP contribution in [0.1, 0.15) is 28.4 Å². The molecular weight excluding hydrogens is 470 g/mol. The van der Waals surface area contributed by atoms with Crippen LogP contribution >= 0.6 is 46.4 Å². The topological polar surface area (TPSA) is 44.8 Å². The summed E-state index contributed by atoms with van der Waals surface area (Å²) in [7, 11) is 0. The molecule has 8 heteroatoms. The van der Waals surface area contributed by atoms with Crippen molar-refractivity contribution in [2.75, 3.05) is 6.61 Å². The van der Waals surface area contributed by atoms with Gasteiger partial charge in [0, 0.05) is 31.2 Å². The third-order valence-electron chi connectivity index (χ3n) is 4.45. The Balaban J connectivity index is 1.88. The van der Waals surface area contributed by atoms with E-state index in [1.807, 2.05) is 0 Å². The lowest BCUT2D eigenvalue weighted by Gasteiger charge is -2.29. The van der Waals surface area contributed by atoms with Gasteiger partial charge < -0.3 is 14.2 Å². The molecule has 1 heterocycles. The summed E-state index contributed by atoms with van der Waals surface area (Å²) in [6, 6.07) is 14.7. The SMILES string of the molecule is CCOC(=O)c1ccc2c(c1)OC(c1cc(Cl)cc(Cl)c1)(c1cc(Cl)cc(Cl)c1)O2. The third-order valence-corrected chi connectivity index (χ3v) is 5.32. The van der Waals surface area contributed by atoms with E-state index in [2.05, 4.69) is 0 Å². The van der Waals surface area contributed by atoms with Gasteiger partial charge in [-0.3, -0.25) is 0 Å². The minimum Gasteiger partial charge on any atom is -0.462 e. The summed E-state index contributed by atoms with van der Waals surface area (Å²) >= 11 is 25.0. The van der Waals surface area contributed by atoms with E-state index < -0.39 is 11.8 Å². The Morgan fingerprint density at radius 3 is 1.80 bits per heavy atom. The van der Waals surface area contributed by atoms with Crippen LogP contribution in [-0.4, -0.2) is 12.6 Å². The van der Waals surface area contributed by atoms with E-state index in [1.54, 1.807) is 61.5 Å². The molecule has 0 atom stereocenters. The highest BCUT2D eigenvalue weighted by Gasteiger charge is 2.46. The Labute approximate surface area is 193 Å². The van der Waals surface area contributed by atoms with Gasteiger partial charge in [0.15, 0.2) is 11.5 Å². The van der Waals surface area contributed by atoms with Gasteiger partial charge in [0.1, 0.15) is 0 Å². The maximum Gasteiger partial charge on any atom is 0.338 e. The molecule has 0 bridgehead atoms. The van der Waals surface area contributed by atoms with Crippen molar-refractivity contribution in [2.24, 2.45) is 0 Å². The maximum absolute atomic E-state index is 12.1. The first-order valence-corrected chi connectivity index (χ1v) is 10.4. The fourth-order valence-corrected chi connectivity index (χ4v) is 4.29. The summed E-state index contributed by atoms with van der Waals surface area (Å²) in [6.07, 6.45) is 0. The highest BCUT2D eigenvalue weighted by molar-refractivity contribution is 6.35. The molecule has 4 rings (SSSR count). The lowest BCUT2D eigenvalue weighted by molar-refractivity contribution is -0.0459. The molecule has 0 radical (unpaired) electrons. The minimum absolute atomic E-state index is 0.263. The van der Waals surface area contributed by atoms with E-state index >= 15 is 0 Å². The van der Waals surface area contributed by atoms with Crippen molar-refractivity contribution >= 4 is 52.4 Å². The monoisotopic (exact) mass is 482 g/mol. The van der Waals surface area contributed by atoms with Gasteiger partial charge in [-0.05, 0) is 61.5 Å². The summed E-state index contributed by atoms with van der Waals surface area (Å²) in [5, 5.41) is 1.61. The van der Waals surface area contributed by atoms with Gasteiger partial charge in [-0.2, -0.15) is 0 Å². The molecular formula is C22H14Cl4O4. The van der Waals surface area contributed by atoms with Crippen LogP contribution in [0.5, 0.6) is 11.5 Å². The van der Waals surface area contributed by atoms with Crippen LogP contribution in [0.3, 0.4) is 0 Å². The second-order valence-electron chi connectivity index (χ2n) is 6.52. The molecule has 0 unspecified atom stereocenters. The van der Waals surface area contributed by atoms with Crippen LogP contribution in [0.15, 0.2) is 54.6 Å². The summed E-state index contributed by atoms with van der Waals surface area (Å²) in [6.45, 7) is 2.00. The van der Waals surface area contributed by atoms with Crippen molar-refractivity contribution in [1.82, 2.24) is 0 Å². The molecule has 154 valence electrons. The van der Waals surface area contributed by atoms with Crippen molar-refractivity contribution < 1.29 is 19.0 Å². The zero-order chi connectivity index (χ0) is 21.5. The lowest BCUT2D eigenvalue weighted by atomic mass is 9.97. The van der Waals surface area contributed by atoms with Gasteiger partial charge in [0.25, 0.3) is 0 Å². The van der Waals surface area contributed by atoms with Crippen LogP contribution in [0, 0.1) is 0 Å². The molecule has 1 aliphatic heterocycles. The highest BCUT2D eigenvalue weighted by Crippen LogP contribution is 2.49. The minimum atomic E-state index is -1.46. The van der Waals surface area contributed by atoms with Crippen LogP contribution in [-0.2, 0) is 10.5 Å². The average Bonchev–Trinajstić information content (AvgIpc) is 3.07. The van der Waals surface area contributed by atoms with E-state index in [1.165, 1.54) is 0 Å². The average molecular weight is 484 g/mol. The predicted molar refractivity (Wildman–Crippen MR) is 117 cm³/mol. The molecule has 0 N–H and O–H groups in total. The van der Waals surface area contributed by atoms with Gasteiger partial charge in [-0.15, -0.1) is 0 Å². The van der Waals surface area contributed by atoms with Crippen molar-refractivity contribution in [3.63, 3.8) is 0 Å². The molecule has 4 nitrogen and oxygen atoms in total. The summed E-state index contributed by atoms with van der Waals surface area (Å²) in [5.74, 6) is -1.14. The van der Waals surface area contributed by atoms with Gasteiger partial charge in [-0.25, -0.2) is 4.79 Å². The number of hydrogen-bond donors (Lipinski definition) is 0. The molecule has 0 amide bonds. The summed E-state index contributed by atoms with van der Waals surface area (Å²) < 4.78 is 17.6. The quantitative estimate of drug-likeness (QED) is 0.369. The summed E-state index contributed by atoms with van der Waals surface area (Å²) in [5.41, 5.74) is 1.41. The molecule has 1 aliphatic rings. The first kappa shape index (κ1) is 21.1. The Morgan fingerprint density at radius 2 is 1.30 bits per heavy atom. The number of fused-ring (bicyclic) bond motifs is 1. The molecule has 0 saturated heterocycles. The smallest absolute Gasteiger partial charge is 0.338 e. The molecule has 0 spiro atoms. The Morgan fingerprint density at radius 1 is 0.800 bits per heavy atom. The maximum atomic E-state index is 12.1. The van der Waals surface area contributed by atoms with E-state index in [0.717, 1.165) is 0 Å². The van der Waals surface area contributed by atoms with Crippen LogP contribution in [0.25, 0.3) is 0 Å². The molecule has 0 aliphatic carbocycles. The van der Waals surface area contributed by atoms with Gasteiger partial charge in [0.2, 0.25) is 0 Å². The van der Waals surface area contributed by atoms with Crippen molar-refractivity contribution in [3.8, 4) is 11.5 Å². The van der Waals surface area contributed by atoms with E-state index in [4.69, 9.17) is 60.6 Å². The lowest BCUT2D eigenvalue weighted by Crippen LogP contribution is -2.37. The molecule has 0 saturated carbocycles. The van der Waals surface area contributed by atoms with Gasteiger partial charge >= 0.3 is 11.8 Å². The molecule has 3 aromatic carbocycles. The normalized spacial score (nSPS) is 13.9. The zero-order valence-electron chi connectivity index (χ0n) is 15.5. The first-order chi connectivity index (χ1) is 14.3. The molecule has 3 aromatic rings. The number of carbonyl (C=O) groups is 1. The van der Waals surface area contributed by atoms with Crippen molar-refractivity contribution in [1.29, 1.82) is 0 Å². The number of carbonyl (C=O) groups excluding carboxylic acids is 1. The second-order valence-corrected chi connectivity index (χ2v) is 8.26. The zero-order valence-corrected chi connectivity index (χ0v) is 18.6. The molecule has 30 heavy (non-hydrogen) atoms. The number of ether oxygens (including phenoxy) is 3. The van der Waals surface area contributed by atoms with Crippen LogP contribution in [0.2, 0.25) is 20.1 Å². The van der Waals surface area contributed by atoms with E-state index in [-0.39, 0.29) is 6.61 Å². The van der Waals surface area contributed by atoms with Crippen molar-refractivity contribution in [3.05, 3.63) is 91.4 Å². The third kappa shape index (κ3) is 3.93. The van der Waals surface area contributed by atoms with Gasteiger partial charge in [-0.1, -0.05) is 46.4 Å². The fraction of sp³-hybridized carbons (Fsp3) is 0.136. The molecule has 0 aromatic heterocycles. The van der Waals surface area contributed by atoms with Gasteiger partial charge in [0.05, 0.1) is 12.2 Å². The largest absolute Gasteiger partial charge is 0.462 e. The number of esters is 1. The van der Waals surface area contributed by atoms with Crippen molar-refractivity contribution in [2.45, 2.75) is 12.7 Å².